The Bertz CT molecular complexity index is 713. The molecule has 2 rings (SSSR count). The van der Waals surface area contributed by atoms with Gasteiger partial charge in [0.05, 0.1) is 5.56 Å². The first-order valence-corrected chi connectivity index (χ1v) is 6.76. The summed E-state index contributed by atoms with van der Waals surface area (Å²) < 4.78 is 0. The van der Waals surface area contributed by atoms with Gasteiger partial charge in [-0.1, -0.05) is 18.2 Å². The van der Waals surface area contributed by atoms with Crippen molar-refractivity contribution in [1.82, 2.24) is 5.32 Å². The molecule has 0 saturated carbocycles. The second kappa shape index (κ2) is 6.55. The van der Waals surface area contributed by atoms with Gasteiger partial charge in [0.15, 0.2) is 0 Å². The van der Waals surface area contributed by atoms with Gasteiger partial charge in [-0.25, -0.2) is 4.79 Å². The topological polar surface area (TPSA) is 107 Å². The number of fused-ring (bicyclic) bond motifs is 1. The summed E-state index contributed by atoms with van der Waals surface area (Å²) in [5.74, 6) is -1.29. The molecule has 6 heteroatoms. The molecule has 0 aliphatic rings. The van der Waals surface area contributed by atoms with Gasteiger partial charge in [0, 0.05) is 13.5 Å². The lowest BCUT2D eigenvalue weighted by atomic mass is 9.99. The van der Waals surface area contributed by atoms with E-state index in [4.69, 9.17) is 5.11 Å². The third-order valence-corrected chi connectivity index (χ3v) is 3.38. The number of aromatic carboxylic acids is 1. The number of aliphatic hydroxyl groups excluding tert-OH is 2. The van der Waals surface area contributed by atoms with Crippen molar-refractivity contribution in [1.29, 1.82) is 0 Å². The number of benzene rings is 2. The molecule has 0 spiro atoms. The van der Waals surface area contributed by atoms with Gasteiger partial charge in [0.1, 0.15) is 12.2 Å². The van der Waals surface area contributed by atoms with Crippen molar-refractivity contribution in [2.75, 3.05) is 6.54 Å². The molecular formula is C16H17NO5. The molecule has 116 valence electrons. The molecule has 0 bridgehead atoms. The summed E-state index contributed by atoms with van der Waals surface area (Å²) in [7, 11) is 0. The Labute approximate surface area is 127 Å². The fourth-order valence-corrected chi connectivity index (χ4v) is 2.16. The Kier molecular flexibility index (Phi) is 4.75. The fourth-order valence-electron chi connectivity index (χ4n) is 2.16. The number of carboxylic acid groups (broad SMARTS) is 1. The Hall–Kier alpha value is -2.44. The molecule has 0 radical (unpaired) electrons. The van der Waals surface area contributed by atoms with Crippen molar-refractivity contribution in [3.63, 3.8) is 0 Å². The monoisotopic (exact) mass is 303 g/mol. The number of carbonyl (C=O) groups is 2. The zero-order valence-corrected chi connectivity index (χ0v) is 12.0. The van der Waals surface area contributed by atoms with Crippen molar-refractivity contribution in [2.24, 2.45) is 0 Å². The first-order chi connectivity index (χ1) is 10.4. The Morgan fingerprint density at radius 3 is 2.36 bits per heavy atom. The average Bonchev–Trinajstić information content (AvgIpc) is 2.50. The molecule has 0 fully saturated rings. The number of aliphatic hydroxyl groups is 2. The van der Waals surface area contributed by atoms with Crippen LogP contribution < -0.4 is 5.32 Å². The van der Waals surface area contributed by atoms with Crippen LogP contribution in [0.4, 0.5) is 0 Å². The molecule has 22 heavy (non-hydrogen) atoms. The predicted octanol–water partition coefficient (Wildman–Crippen LogP) is 1.07. The van der Waals surface area contributed by atoms with Gasteiger partial charge >= 0.3 is 5.97 Å². The number of carboxylic acids is 1. The lowest BCUT2D eigenvalue weighted by Gasteiger charge is -2.18. The molecule has 1 amide bonds. The van der Waals surface area contributed by atoms with E-state index in [9.17, 15) is 19.8 Å². The maximum Gasteiger partial charge on any atom is 0.335 e. The molecule has 6 nitrogen and oxygen atoms in total. The highest BCUT2D eigenvalue weighted by Gasteiger charge is 2.19. The van der Waals surface area contributed by atoms with Crippen molar-refractivity contribution in [3.8, 4) is 0 Å². The molecular weight excluding hydrogens is 286 g/mol. The minimum atomic E-state index is -1.14. The summed E-state index contributed by atoms with van der Waals surface area (Å²) >= 11 is 0. The van der Waals surface area contributed by atoms with Crippen LogP contribution in [0.15, 0.2) is 36.4 Å². The lowest BCUT2D eigenvalue weighted by Crippen LogP contribution is -2.34. The number of rotatable bonds is 5. The summed E-state index contributed by atoms with van der Waals surface area (Å²) in [5, 5.41) is 32.9. The smallest absolute Gasteiger partial charge is 0.335 e. The van der Waals surface area contributed by atoms with Crippen molar-refractivity contribution >= 4 is 22.6 Å². The number of carbonyl (C=O) groups excluding carboxylic acids is 1. The van der Waals surface area contributed by atoms with Gasteiger partial charge in [-0.15, -0.1) is 0 Å². The zero-order chi connectivity index (χ0) is 16.3. The molecule has 2 aromatic rings. The van der Waals surface area contributed by atoms with E-state index in [0.717, 1.165) is 10.8 Å². The summed E-state index contributed by atoms with van der Waals surface area (Å²) in [6.07, 6.45) is -2.27. The summed E-state index contributed by atoms with van der Waals surface area (Å²) in [6.45, 7) is 1.28. The van der Waals surface area contributed by atoms with E-state index < -0.39 is 18.2 Å². The Balaban J connectivity index is 2.23. The molecule has 0 aromatic heterocycles. The first-order valence-electron chi connectivity index (χ1n) is 6.76. The highest BCUT2D eigenvalue weighted by molar-refractivity contribution is 5.94. The van der Waals surface area contributed by atoms with Crippen LogP contribution in [-0.2, 0) is 4.79 Å². The standard InChI is InChI=1S/C16H17NO5/c1-9(18)17-8-14(19)15(20)12-4-2-11-7-13(16(21)22)5-3-10(11)6-12/h2-7,14-15,19-20H,8H2,1H3,(H,17,18)(H,21,22). The number of nitrogens with one attached hydrogen (secondary N) is 1. The maximum atomic E-state index is 10.9. The van der Waals surface area contributed by atoms with Crippen LogP contribution in [0.25, 0.3) is 10.8 Å². The summed E-state index contributed by atoms with van der Waals surface area (Å²) in [4.78, 5) is 21.7. The quantitative estimate of drug-likeness (QED) is 0.661. The normalized spacial score (nSPS) is 13.6. The van der Waals surface area contributed by atoms with Crippen LogP contribution in [-0.4, -0.2) is 39.8 Å². The maximum absolute atomic E-state index is 10.9. The SMILES string of the molecule is CC(=O)NCC(O)C(O)c1ccc2cc(C(=O)O)ccc2c1. The van der Waals surface area contributed by atoms with Gasteiger partial charge in [-0.2, -0.15) is 0 Å². The average molecular weight is 303 g/mol. The van der Waals surface area contributed by atoms with Crippen LogP contribution >= 0.6 is 0 Å². The van der Waals surface area contributed by atoms with E-state index in [1.807, 2.05) is 0 Å². The van der Waals surface area contributed by atoms with Gasteiger partial charge in [-0.3, -0.25) is 4.79 Å². The van der Waals surface area contributed by atoms with Crippen molar-refractivity contribution in [2.45, 2.75) is 19.1 Å². The third kappa shape index (κ3) is 3.60. The van der Waals surface area contributed by atoms with Gasteiger partial charge < -0.3 is 20.6 Å². The number of amides is 1. The highest BCUT2D eigenvalue weighted by atomic mass is 16.4. The van der Waals surface area contributed by atoms with E-state index in [1.165, 1.54) is 13.0 Å². The van der Waals surface area contributed by atoms with Gasteiger partial charge in [0.25, 0.3) is 0 Å². The van der Waals surface area contributed by atoms with Crippen molar-refractivity contribution < 1.29 is 24.9 Å². The molecule has 2 aromatic carbocycles. The molecule has 0 heterocycles. The highest BCUT2D eigenvalue weighted by Crippen LogP contribution is 2.23. The second-order valence-corrected chi connectivity index (χ2v) is 5.08. The number of hydrogen-bond acceptors (Lipinski definition) is 4. The van der Waals surface area contributed by atoms with E-state index >= 15 is 0 Å². The van der Waals surface area contributed by atoms with E-state index in [-0.39, 0.29) is 18.0 Å². The van der Waals surface area contributed by atoms with Crippen LogP contribution in [0.5, 0.6) is 0 Å². The zero-order valence-electron chi connectivity index (χ0n) is 12.0. The molecule has 0 aliphatic carbocycles. The summed E-state index contributed by atoms with van der Waals surface area (Å²) in [5.41, 5.74) is 0.680. The lowest BCUT2D eigenvalue weighted by molar-refractivity contribution is -0.119. The molecule has 0 aliphatic heterocycles. The molecule has 0 saturated heterocycles. The molecule has 2 atom stereocenters. The van der Waals surface area contributed by atoms with Crippen LogP contribution in [0.3, 0.4) is 0 Å². The minimum Gasteiger partial charge on any atom is -0.478 e. The van der Waals surface area contributed by atoms with Gasteiger partial charge in [-0.05, 0) is 34.5 Å². The summed E-state index contributed by atoms with van der Waals surface area (Å²) in [6, 6.07) is 9.66. The Morgan fingerprint density at radius 2 is 1.73 bits per heavy atom. The minimum absolute atomic E-state index is 0.0491. The van der Waals surface area contributed by atoms with Gasteiger partial charge in [0.2, 0.25) is 5.91 Å². The second-order valence-electron chi connectivity index (χ2n) is 5.08. The number of hydrogen-bond donors (Lipinski definition) is 4. The Morgan fingerprint density at radius 1 is 1.09 bits per heavy atom. The van der Waals surface area contributed by atoms with E-state index in [2.05, 4.69) is 5.32 Å². The third-order valence-electron chi connectivity index (χ3n) is 3.38. The van der Waals surface area contributed by atoms with Crippen LogP contribution in [0.1, 0.15) is 28.9 Å². The van der Waals surface area contributed by atoms with Crippen molar-refractivity contribution in [3.05, 3.63) is 47.5 Å². The largest absolute Gasteiger partial charge is 0.478 e. The van der Waals surface area contributed by atoms with E-state index in [1.54, 1.807) is 30.3 Å². The predicted molar refractivity (Wildman–Crippen MR) is 80.6 cm³/mol. The fraction of sp³-hybridized carbons (Fsp3) is 0.250. The van der Waals surface area contributed by atoms with Crippen LogP contribution in [0.2, 0.25) is 0 Å². The first kappa shape index (κ1) is 15.9. The van der Waals surface area contributed by atoms with E-state index in [0.29, 0.717) is 5.56 Å². The van der Waals surface area contributed by atoms with Crippen LogP contribution in [0, 0.1) is 0 Å². The molecule has 2 unspecified atom stereocenters. The molecule has 4 N–H and O–H groups in total.